The van der Waals surface area contributed by atoms with Crippen LogP contribution < -0.4 is 5.84 Å². The Morgan fingerprint density at radius 2 is 2.22 bits per heavy atom. The fourth-order valence-electron chi connectivity index (χ4n) is 0.583. The van der Waals surface area contributed by atoms with E-state index < -0.39 is 0 Å². The van der Waals surface area contributed by atoms with Crippen molar-refractivity contribution in [2.45, 2.75) is 27.2 Å². The van der Waals surface area contributed by atoms with Gasteiger partial charge in [0.15, 0.2) is 0 Å². The van der Waals surface area contributed by atoms with E-state index in [-0.39, 0.29) is 0 Å². The van der Waals surface area contributed by atoms with Gasteiger partial charge in [-0.2, -0.15) is 0 Å². The van der Waals surface area contributed by atoms with E-state index in [4.69, 9.17) is 5.84 Å². The zero-order valence-electron chi connectivity index (χ0n) is 6.52. The lowest BCUT2D eigenvalue weighted by atomic mass is 10.4. The molecule has 0 aliphatic carbocycles. The zero-order valence-corrected chi connectivity index (χ0v) is 6.52. The molecule has 2 nitrogen and oxygen atoms in total. The van der Waals surface area contributed by atoms with Gasteiger partial charge in [0.2, 0.25) is 0 Å². The standard InChI is InChI=1S/C7H16N2/c1-4-6-9(8)7(3)5-2/h5H,4,6,8H2,1-3H3. The van der Waals surface area contributed by atoms with Gasteiger partial charge in [-0.15, -0.1) is 0 Å². The number of hydrazine groups is 1. The Labute approximate surface area is 57.3 Å². The van der Waals surface area contributed by atoms with Crippen molar-refractivity contribution < 1.29 is 0 Å². The van der Waals surface area contributed by atoms with Gasteiger partial charge in [0.1, 0.15) is 0 Å². The topological polar surface area (TPSA) is 29.3 Å². The molecule has 0 saturated carbocycles. The molecule has 0 aromatic carbocycles. The van der Waals surface area contributed by atoms with Crippen molar-refractivity contribution in [1.29, 1.82) is 0 Å². The Kier molecular flexibility index (Phi) is 4.14. The molecule has 2 heteroatoms. The van der Waals surface area contributed by atoms with Crippen molar-refractivity contribution in [2.75, 3.05) is 6.54 Å². The van der Waals surface area contributed by atoms with Crippen LogP contribution in [0.5, 0.6) is 0 Å². The molecule has 0 aromatic rings. The lowest BCUT2D eigenvalue weighted by Gasteiger charge is -2.17. The minimum absolute atomic E-state index is 0.941. The highest BCUT2D eigenvalue weighted by atomic mass is 15.4. The second-order valence-electron chi connectivity index (χ2n) is 2.12. The van der Waals surface area contributed by atoms with Crippen LogP contribution in [0.4, 0.5) is 0 Å². The van der Waals surface area contributed by atoms with Gasteiger partial charge in [0, 0.05) is 12.2 Å². The van der Waals surface area contributed by atoms with Crippen molar-refractivity contribution in [2.24, 2.45) is 5.84 Å². The Hall–Kier alpha value is -0.500. The van der Waals surface area contributed by atoms with Crippen LogP contribution in [0.15, 0.2) is 11.8 Å². The molecule has 0 bridgehead atoms. The average Bonchev–Trinajstić information content (AvgIpc) is 1.87. The lowest BCUT2D eigenvalue weighted by Crippen LogP contribution is -2.29. The molecule has 2 N–H and O–H groups in total. The second-order valence-corrected chi connectivity index (χ2v) is 2.12. The summed E-state index contributed by atoms with van der Waals surface area (Å²) in [5.41, 5.74) is 1.14. The third-order valence-corrected chi connectivity index (χ3v) is 1.34. The molecule has 9 heavy (non-hydrogen) atoms. The lowest BCUT2D eigenvalue weighted by molar-refractivity contribution is 0.359. The fraction of sp³-hybridized carbons (Fsp3) is 0.714. The van der Waals surface area contributed by atoms with Crippen molar-refractivity contribution >= 4 is 0 Å². The molecule has 0 atom stereocenters. The largest absolute Gasteiger partial charge is 0.316 e. The highest BCUT2D eigenvalue weighted by Gasteiger charge is 1.93. The van der Waals surface area contributed by atoms with E-state index in [0.29, 0.717) is 0 Å². The van der Waals surface area contributed by atoms with E-state index >= 15 is 0 Å². The van der Waals surface area contributed by atoms with Crippen LogP contribution in [0.3, 0.4) is 0 Å². The van der Waals surface area contributed by atoms with Crippen molar-refractivity contribution in [3.63, 3.8) is 0 Å². The summed E-state index contributed by atoms with van der Waals surface area (Å²) in [4.78, 5) is 0. The monoisotopic (exact) mass is 128 g/mol. The molecule has 0 heterocycles. The Morgan fingerprint density at radius 3 is 2.56 bits per heavy atom. The Morgan fingerprint density at radius 1 is 1.67 bits per heavy atom. The summed E-state index contributed by atoms with van der Waals surface area (Å²) in [6.07, 6.45) is 3.11. The van der Waals surface area contributed by atoms with Gasteiger partial charge in [0.25, 0.3) is 0 Å². The van der Waals surface area contributed by atoms with E-state index in [2.05, 4.69) is 6.92 Å². The Balaban J connectivity index is 3.59. The van der Waals surface area contributed by atoms with Crippen LogP contribution in [0, 0.1) is 0 Å². The summed E-state index contributed by atoms with van der Waals surface area (Å²) in [5, 5.41) is 1.76. The van der Waals surface area contributed by atoms with E-state index in [0.717, 1.165) is 18.7 Å². The maximum Gasteiger partial charge on any atom is 0.0335 e. The highest BCUT2D eigenvalue weighted by Crippen LogP contribution is 1.95. The molecule has 0 rings (SSSR count). The van der Waals surface area contributed by atoms with Crippen LogP contribution in [-0.2, 0) is 0 Å². The van der Waals surface area contributed by atoms with Gasteiger partial charge in [-0.3, -0.25) is 0 Å². The first-order valence-electron chi connectivity index (χ1n) is 3.37. The molecule has 54 valence electrons. The molecule has 0 amide bonds. The summed E-state index contributed by atoms with van der Waals surface area (Å²) in [6.45, 7) is 7.06. The second kappa shape index (κ2) is 4.39. The minimum atomic E-state index is 0.941. The molecule has 0 aliphatic heterocycles. The number of nitrogens with two attached hydrogens (primary N) is 1. The first-order valence-corrected chi connectivity index (χ1v) is 3.37. The maximum atomic E-state index is 5.60. The van der Waals surface area contributed by atoms with Crippen LogP contribution in [0.2, 0.25) is 0 Å². The van der Waals surface area contributed by atoms with Crippen molar-refractivity contribution in [1.82, 2.24) is 5.01 Å². The molecule has 0 saturated heterocycles. The van der Waals surface area contributed by atoms with Gasteiger partial charge >= 0.3 is 0 Å². The Bertz CT molecular complexity index is 97.1. The molecule has 0 spiro atoms. The van der Waals surface area contributed by atoms with Crippen LogP contribution in [0.25, 0.3) is 0 Å². The zero-order chi connectivity index (χ0) is 7.28. The quantitative estimate of drug-likeness (QED) is 0.461. The summed E-state index contributed by atoms with van der Waals surface area (Å²) >= 11 is 0. The highest BCUT2D eigenvalue weighted by molar-refractivity contribution is 4.92. The third kappa shape index (κ3) is 3.14. The summed E-state index contributed by atoms with van der Waals surface area (Å²) in [5.74, 6) is 5.60. The first-order chi connectivity index (χ1) is 4.22. The summed E-state index contributed by atoms with van der Waals surface area (Å²) < 4.78 is 0. The normalized spacial score (nSPS) is 11.8. The predicted molar refractivity (Wildman–Crippen MR) is 40.6 cm³/mol. The molecule has 0 aromatic heterocycles. The number of rotatable bonds is 3. The van der Waals surface area contributed by atoms with Gasteiger partial charge in [-0.25, -0.2) is 5.84 Å². The SMILES string of the molecule is CC=C(C)N(N)CCC. The van der Waals surface area contributed by atoms with Crippen LogP contribution >= 0.6 is 0 Å². The van der Waals surface area contributed by atoms with E-state index in [1.165, 1.54) is 0 Å². The molecular weight excluding hydrogens is 112 g/mol. The molecule has 0 fully saturated rings. The number of nitrogens with zero attached hydrogens (tertiary/aromatic N) is 1. The first kappa shape index (κ1) is 8.50. The van der Waals surface area contributed by atoms with Gasteiger partial charge in [0.05, 0.1) is 0 Å². The van der Waals surface area contributed by atoms with E-state index in [1.54, 1.807) is 5.01 Å². The smallest absolute Gasteiger partial charge is 0.0335 e. The molecule has 0 radical (unpaired) electrons. The number of hydrogen-bond acceptors (Lipinski definition) is 2. The average molecular weight is 128 g/mol. The van der Waals surface area contributed by atoms with Crippen molar-refractivity contribution in [3.8, 4) is 0 Å². The maximum absolute atomic E-state index is 5.60. The van der Waals surface area contributed by atoms with Gasteiger partial charge in [-0.1, -0.05) is 13.0 Å². The van der Waals surface area contributed by atoms with Crippen LogP contribution in [-0.4, -0.2) is 11.6 Å². The minimum Gasteiger partial charge on any atom is -0.316 e. The number of hydrogen-bond donors (Lipinski definition) is 1. The third-order valence-electron chi connectivity index (χ3n) is 1.34. The van der Waals surface area contributed by atoms with Gasteiger partial charge < -0.3 is 5.01 Å². The molecule has 0 unspecified atom stereocenters. The molecular formula is C7H16N2. The van der Waals surface area contributed by atoms with Gasteiger partial charge in [-0.05, 0) is 20.3 Å². The summed E-state index contributed by atoms with van der Waals surface area (Å²) in [7, 11) is 0. The summed E-state index contributed by atoms with van der Waals surface area (Å²) in [6, 6.07) is 0. The predicted octanol–water partition coefficient (Wildman–Crippen LogP) is 1.50. The van der Waals surface area contributed by atoms with Crippen LogP contribution in [0.1, 0.15) is 27.2 Å². The number of allylic oxidation sites excluding steroid dienone is 2. The van der Waals surface area contributed by atoms with E-state index in [1.807, 2.05) is 19.9 Å². The van der Waals surface area contributed by atoms with Crippen molar-refractivity contribution in [3.05, 3.63) is 11.8 Å². The molecule has 0 aliphatic rings. The fourth-order valence-corrected chi connectivity index (χ4v) is 0.583. The van der Waals surface area contributed by atoms with E-state index in [9.17, 15) is 0 Å².